The van der Waals surface area contributed by atoms with E-state index in [1.807, 2.05) is 11.9 Å². The van der Waals surface area contributed by atoms with E-state index in [0.29, 0.717) is 18.5 Å². The van der Waals surface area contributed by atoms with Gasteiger partial charge in [-0.1, -0.05) is 0 Å². The minimum atomic E-state index is 0.273. The van der Waals surface area contributed by atoms with Crippen LogP contribution in [0.1, 0.15) is 19.3 Å². The van der Waals surface area contributed by atoms with Crippen LogP contribution in [-0.2, 0) is 4.74 Å². The van der Waals surface area contributed by atoms with E-state index in [0.717, 1.165) is 19.6 Å². The van der Waals surface area contributed by atoms with E-state index < -0.39 is 0 Å². The van der Waals surface area contributed by atoms with Crippen LogP contribution in [-0.4, -0.2) is 55.4 Å². The van der Waals surface area contributed by atoms with Crippen molar-refractivity contribution in [3.63, 3.8) is 0 Å². The molecule has 19 heavy (non-hydrogen) atoms. The van der Waals surface area contributed by atoms with Crippen molar-refractivity contribution >= 4 is 17.8 Å². The SMILES string of the molecule is COCCN(C)c1nc(N)nc(N2CCCCC2)n1. The highest BCUT2D eigenvalue weighted by atomic mass is 16.5. The molecule has 0 saturated carbocycles. The summed E-state index contributed by atoms with van der Waals surface area (Å²) in [5.41, 5.74) is 5.79. The number of nitrogens with zero attached hydrogens (tertiary/aromatic N) is 5. The van der Waals surface area contributed by atoms with Crippen LogP contribution in [0.5, 0.6) is 0 Å². The van der Waals surface area contributed by atoms with E-state index >= 15 is 0 Å². The highest BCUT2D eigenvalue weighted by molar-refractivity contribution is 5.43. The topological polar surface area (TPSA) is 80.4 Å². The van der Waals surface area contributed by atoms with Gasteiger partial charge < -0.3 is 20.3 Å². The van der Waals surface area contributed by atoms with Gasteiger partial charge in [-0.15, -0.1) is 0 Å². The lowest BCUT2D eigenvalue weighted by Crippen LogP contribution is -2.32. The molecule has 0 amide bonds. The minimum absolute atomic E-state index is 0.273. The van der Waals surface area contributed by atoms with Crippen LogP contribution >= 0.6 is 0 Å². The first kappa shape index (κ1) is 13.8. The van der Waals surface area contributed by atoms with Crippen LogP contribution in [0.25, 0.3) is 0 Å². The van der Waals surface area contributed by atoms with Gasteiger partial charge in [-0.25, -0.2) is 0 Å². The Bertz CT molecular complexity index is 407. The average molecular weight is 266 g/mol. The summed E-state index contributed by atoms with van der Waals surface area (Å²) in [5, 5.41) is 0. The third-order valence-corrected chi connectivity index (χ3v) is 3.24. The van der Waals surface area contributed by atoms with E-state index in [-0.39, 0.29) is 5.95 Å². The Kier molecular flexibility index (Phi) is 4.73. The van der Waals surface area contributed by atoms with Crippen LogP contribution in [0, 0.1) is 0 Å². The van der Waals surface area contributed by atoms with E-state index in [2.05, 4.69) is 19.9 Å². The number of rotatable bonds is 5. The maximum absolute atomic E-state index is 5.79. The molecule has 0 unspecified atom stereocenters. The van der Waals surface area contributed by atoms with Gasteiger partial charge in [-0.2, -0.15) is 15.0 Å². The lowest BCUT2D eigenvalue weighted by Gasteiger charge is -2.27. The molecule has 106 valence electrons. The van der Waals surface area contributed by atoms with Crippen molar-refractivity contribution in [2.75, 3.05) is 55.9 Å². The van der Waals surface area contributed by atoms with Crippen LogP contribution < -0.4 is 15.5 Å². The molecular weight excluding hydrogens is 244 g/mol. The van der Waals surface area contributed by atoms with Gasteiger partial charge in [0.2, 0.25) is 17.8 Å². The van der Waals surface area contributed by atoms with Crippen molar-refractivity contribution in [3.8, 4) is 0 Å². The maximum Gasteiger partial charge on any atom is 0.231 e. The predicted molar refractivity (Wildman–Crippen MR) is 75.4 cm³/mol. The Morgan fingerprint density at radius 3 is 2.63 bits per heavy atom. The fourth-order valence-corrected chi connectivity index (χ4v) is 2.10. The molecule has 1 fully saturated rings. The molecule has 0 aliphatic carbocycles. The number of methoxy groups -OCH3 is 1. The van der Waals surface area contributed by atoms with Gasteiger partial charge in [0, 0.05) is 33.8 Å². The van der Waals surface area contributed by atoms with Gasteiger partial charge >= 0.3 is 0 Å². The molecule has 1 aromatic rings. The predicted octanol–water partition coefficient (Wildman–Crippen LogP) is 0.527. The molecule has 0 bridgehead atoms. The van der Waals surface area contributed by atoms with Crippen molar-refractivity contribution in [2.45, 2.75) is 19.3 Å². The second-order valence-electron chi connectivity index (χ2n) is 4.76. The summed E-state index contributed by atoms with van der Waals surface area (Å²) >= 11 is 0. The number of nitrogen functional groups attached to an aromatic ring is 1. The monoisotopic (exact) mass is 266 g/mol. The zero-order chi connectivity index (χ0) is 13.7. The molecule has 0 atom stereocenters. The van der Waals surface area contributed by atoms with Crippen LogP contribution in [0.2, 0.25) is 0 Å². The van der Waals surface area contributed by atoms with Crippen molar-refractivity contribution in [1.29, 1.82) is 0 Å². The van der Waals surface area contributed by atoms with Gasteiger partial charge in [0.1, 0.15) is 0 Å². The Morgan fingerprint density at radius 1 is 1.21 bits per heavy atom. The van der Waals surface area contributed by atoms with Gasteiger partial charge in [0.15, 0.2) is 0 Å². The molecule has 1 aromatic heterocycles. The van der Waals surface area contributed by atoms with Gasteiger partial charge in [0.05, 0.1) is 6.61 Å². The van der Waals surface area contributed by atoms with Crippen molar-refractivity contribution in [3.05, 3.63) is 0 Å². The molecule has 7 heteroatoms. The fourth-order valence-electron chi connectivity index (χ4n) is 2.10. The zero-order valence-electron chi connectivity index (χ0n) is 11.7. The maximum atomic E-state index is 5.79. The second-order valence-corrected chi connectivity index (χ2v) is 4.76. The quantitative estimate of drug-likeness (QED) is 0.832. The number of hydrogen-bond acceptors (Lipinski definition) is 7. The largest absolute Gasteiger partial charge is 0.383 e. The Hall–Kier alpha value is -1.63. The fraction of sp³-hybridized carbons (Fsp3) is 0.750. The Labute approximate surface area is 113 Å². The van der Waals surface area contributed by atoms with E-state index in [1.165, 1.54) is 19.3 Å². The first-order valence-corrected chi connectivity index (χ1v) is 6.67. The first-order valence-electron chi connectivity index (χ1n) is 6.67. The average Bonchev–Trinajstić information content (AvgIpc) is 2.45. The number of piperidine rings is 1. The van der Waals surface area contributed by atoms with Crippen molar-refractivity contribution < 1.29 is 4.74 Å². The van der Waals surface area contributed by atoms with E-state index in [4.69, 9.17) is 10.5 Å². The minimum Gasteiger partial charge on any atom is -0.383 e. The van der Waals surface area contributed by atoms with Crippen LogP contribution in [0.3, 0.4) is 0 Å². The van der Waals surface area contributed by atoms with Crippen LogP contribution in [0.4, 0.5) is 17.8 Å². The molecule has 1 aliphatic rings. The molecule has 2 N–H and O–H groups in total. The number of nitrogens with two attached hydrogens (primary N) is 1. The molecule has 7 nitrogen and oxygen atoms in total. The zero-order valence-corrected chi connectivity index (χ0v) is 11.7. The third kappa shape index (κ3) is 3.66. The summed E-state index contributed by atoms with van der Waals surface area (Å²) < 4.78 is 5.06. The molecule has 0 radical (unpaired) electrons. The molecule has 0 aromatic carbocycles. The summed E-state index contributed by atoms with van der Waals surface area (Å²) in [7, 11) is 3.60. The molecular formula is C12H22N6O. The normalized spacial score (nSPS) is 15.6. The molecule has 0 spiro atoms. The summed E-state index contributed by atoms with van der Waals surface area (Å²) in [6.07, 6.45) is 3.64. The molecule has 1 saturated heterocycles. The number of aromatic nitrogens is 3. The van der Waals surface area contributed by atoms with Crippen molar-refractivity contribution in [2.24, 2.45) is 0 Å². The highest BCUT2D eigenvalue weighted by Crippen LogP contribution is 2.18. The first-order chi connectivity index (χ1) is 9.20. The Balaban J connectivity index is 2.13. The summed E-state index contributed by atoms with van der Waals surface area (Å²) in [6.45, 7) is 3.33. The number of hydrogen-bond donors (Lipinski definition) is 1. The van der Waals surface area contributed by atoms with Gasteiger partial charge in [-0.3, -0.25) is 0 Å². The number of ether oxygens (including phenoxy) is 1. The van der Waals surface area contributed by atoms with Gasteiger partial charge in [-0.05, 0) is 19.3 Å². The van der Waals surface area contributed by atoms with Crippen LogP contribution in [0.15, 0.2) is 0 Å². The van der Waals surface area contributed by atoms with Gasteiger partial charge in [0.25, 0.3) is 0 Å². The summed E-state index contributed by atoms with van der Waals surface area (Å²) in [6, 6.07) is 0. The third-order valence-electron chi connectivity index (χ3n) is 3.24. The lowest BCUT2D eigenvalue weighted by molar-refractivity contribution is 0.206. The smallest absolute Gasteiger partial charge is 0.231 e. The second kappa shape index (κ2) is 6.51. The van der Waals surface area contributed by atoms with E-state index in [1.54, 1.807) is 7.11 Å². The summed E-state index contributed by atoms with van der Waals surface area (Å²) in [4.78, 5) is 17.0. The number of likely N-dealkylation sites (N-methyl/N-ethyl adjacent to an activating group) is 1. The number of anilines is 3. The lowest BCUT2D eigenvalue weighted by atomic mass is 10.1. The molecule has 2 rings (SSSR count). The van der Waals surface area contributed by atoms with E-state index in [9.17, 15) is 0 Å². The molecule has 2 heterocycles. The Morgan fingerprint density at radius 2 is 1.95 bits per heavy atom. The standard InChI is InChI=1S/C12H22N6O/c1-17(8-9-19-2)11-14-10(13)15-12(16-11)18-6-4-3-5-7-18/h3-9H2,1-2H3,(H2,13,14,15,16). The van der Waals surface area contributed by atoms with Crippen molar-refractivity contribution in [1.82, 2.24) is 15.0 Å². The highest BCUT2D eigenvalue weighted by Gasteiger charge is 2.16. The molecule has 1 aliphatic heterocycles. The summed E-state index contributed by atoms with van der Waals surface area (Å²) in [5.74, 6) is 1.56.